The third kappa shape index (κ3) is 2.38. The minimum Gasteiger partial charge on any atom is -0.316 e. The largest absolute Gasteiger partial charge is 0.316 e. The number of hydrogen-bond acceptors (Lipinski definition) is 3. The summed E-state index contributed by atoms with van der Waals surface area (Å²) in [5, 5.41) is 0. The average Bonchev–Trinajstić information content (AvgIpc) is 1.86. The van der Waals surface area contributed by atoms with Crippen LogP contribution in [0.1, 0.15) is 0 Å². The van der Waals surface area contributed by atoms with Gasteiger partial charge in [-0.2, -0.15) is 0 Å². The number of rotatable bonds is 1. The van der Waals surface area contributed by atoms with Crippen LogP contribution in [0.15, 0.2) is 16.9 Å². The van der Waals surface area contributed by atoms with Crippen LogP contribution in [0.3, 0.4) is 0 Å². The molecule has 0 aliphatic carbocycles. The molecule has 0 saturated heterocycles. The van der Waals surface area contributed by atoms with Crippen molar-refractivity contribution >= 4 is 28.6 Å². The molecule has 0 unspecified atom stereocenters. The molecule has 0 aliphatic rings. The monoisotopic (exact) mass is 234 g/mol. The van der Waals surface area contributed by atoms with Gasteiger partial charge in [0.1, 0.15) is 7.14 Å². The zero-order valence-corrected chi connectivity index (χ0v) is 8.76. The Kier molecular flexibility index (Phi) is 2.45. The molecule has 1 heterocycles. The van der Waals surface area contributed by atoms with E-state index < -0.39 is 7.14 Å². The molecule has 0 N–H and O–H groups in total. The molecule has 0 aliphatic heterocycles. The first-order valence-corrected chi connectivity index (χ1v) is 6.42. The summed E-state index contributed by atoms with van der Waals surface area (Å²) in [7, 11) is -2.28. The van der Waals surface area contributed by atoms with Crippen LogP contribution in [0.5, 0.6) is 0 Å². The van der Waals surface area contributed by atoms with Crippen LogP contribution in [0.2, 0.25) is 0 Å². The van der Waals surface area contributed by atoms with Crippen molar-refractivity contribution in [3.05, 3.63) is 16.9 Å². The van der Waals surface area contributed by atoms with Gasteiger partial charge in [0.15, 0.2) is 5.57 Å². The molecule has 0 bridgehead atoms. The first kappa shape index (κ1) is 8.88. The maximum atomic E-state index is 11.4. The van der Waals surface area contributed by atoms with E-state index in [1.165, 1.54) is 0 Å². The normalized spacial score (nSPS) is 11.5. The molecule has 0 saturated carbocycles. The Hall–Kier alpha value is -0.210. The lowest BCUT2D eigenvalue weighted by Gasteiger charge is -2.02. The van der Waals surface area contributed by atoms with E-state index in [2.05, 4.69) is 25.9 Å². The van der Waals surface area contributed by atoms with Gasteiger partial charge >= 0.3 is 0 Å². The fraction of sp³-hybridized carbons (Fsp3) is 0.333. The fourth-order valence-electron chi connectivity index (χ4n) is 0.584. The summed E-state index contributed by atoms with van der Waals surface area (Å²) in [4.78, 5) is 7.86. The van der Waals surface area contributed by atoms with Gasteiger partial charge in [-0.05, 0) is 29.3 Å². The second-order valence-corrected chi connectivity index (χ2v) is 6.57. The summed E-state index contributed by atoms with van der Waals surface area (Å²) < 4.78 is 12.2. The summed E-state index contributed by atoms with van der Waals surface area (Å²) in [6.45, 7) is 3.30. The molecule has 1 rings (SSSR count). The Morgan fingerprint density at radius 1 is 1.36 bits per heavy atom. The molecule has 0 atom stereocenters. The van der Waals surface area contributed by atoms with E-state index >= 15 is 0 Å². The van der Waals surface area contributed by atoms with Crippen molar-refractivity contribution in [3.63, 3.8) is 0 Å². The number of nitrogens with zero attached hydrogens (tertiary/aromatic N) is 2. The quantitative estimate of drug-likeness (QED) is 0.692. The van der Waals surface area contributed by atoms with E-state index in [0.29, 0.717) is 5.57 Å². The van der Waals surface area contributed by atoms with Crippen LogP contribution in [0.4, 0.5) is 0 Å². The van der Waals surface area contributed by atoms with Crippen molar-refractivity contribution in [1.82, 2.24) is 9.97 Å². The highest BCUT2D eigenvalue weighted by atomic mass is 79.9. The molecule has 1 aromatic heterocycles. The van der Waals surface area contributed by atoms with Crippen LogP contribution in [-0.4, -0.2) is 23.3 Å². The van der Waals surface area contributed by atoms with Crippen molar-refractivity contribution in [2.24, 2.45) is 0 Å². The summed E-state index contributed by atoms with van der Waals surface area (Å²) in [6.07, 6.45) is 3.20. The van der Waals surface area contributed by atoms with Crippen LogP contribution in [0.25, 0.3) is 0 Å². The van der Waals surface area contributed by atoms with Gasteiger partial charge in [0.2, 0.25) is 0 Å². The molecular formula is C6H8BrN2OP. The number of aromatic nitrogens is 2. The summed E-state index contributed by atoms with van der Waals surface area (Å²) in [6, 6.07) is 0. The highest BCUT2D eigenvalue weighted by Gasteiger charge is 2.13. The minimum atomic E-state index is -2.28. The number of hydrogen-bond donors (Lipinski definition) is 0. The lowest BCUT2D eigenvalue weighted by Crippen LogP contribution is -2.11. The summed E-state index contributed by atoms with van der Waals surface area (Å²) >= 11 is 3.20. The van der Waals surface area contributed by atoms with Crippen LogP contribution < -0.4 is 5.57 Å². The van der Waals surface area contributed by atoms with Gasteiger partial charge in [0, 0.05) is 12.4 Å². The third-order valence-corrected chi connectivity index (χ3v) is 2.69. The molecule has 5 heteroatoms. The molecular weight excluding hydrogens is 227 g/mol. The second kappa shape index (κ2) is 3.03. The van der Waals surface area contributed by atoms with Gasteiger partial charge < -0.3 is 4.57 Å². The van der Waals surface area contributed by atoms with E-state index in [-0.39, 0.29) is 0 Å². The van der Waals surface area contributed by atoms with Crippen molar-refractivity contribution in [1.29, 1.82) is 0 Å². The molecule has 3 nitrogen and oxygen atoms in total. The molecule has 0 spiro atoms. The SMILES string of the molecule is CP(C)(=O)c1ncc(Br)cn1. The molecule has 0 fully saturated rings. The van der Waals surface area contributed by atoms with Gasteiger partial charge in [-0.1, -0.05) is 0 Å². The molecule has 1 aromatic rings. The Morgan fingerprint density at radius 2 is 1.82 bits per heavy atom. The zero-order chi connectivity index (χ0) is 8.48. The van der Waals surface area contributed by atoms with Crippen molar-refractivity contribution < 1.29 is 4.57 Å². The number of halogens is 1. The zero-order valence-electron chi connectivity index (χ0n) is 6.28. The summed E-state index contributed by atoms with van der Waals surface area (Å²) in [5.74, 6) is 0. The van der Waals surface area contributed by atoms with Crippen LogP contribution in [0, 0.1) is 0 Å². The Bertz CT molecular complexity index is 292. The van der Waals surface area contributed by atoms with Gasteiger partial charge in [-0.15, -0.1) is 0 Å². The predicted octanol–water partition coefficient (Wildman–Crippen LogP) is 1.49. The maximum absolute atomic E-state index is 11.4. The van der Waals surface area contributed by atoms with Crippen LogP contribution in [-0.2, 0) is 4.57 Å². The third-order valence-electron chi connectivity index (χ3n) is 1.09. The van der Waals surface area contributed by atoms with E-state index in [1.807, 2.05) is 0 Å². The Balaban J connectivity index is 3.09. The van der Waals surface area contributed by atoms with E-state index in [0.717, 1.165) is 4.47 Å². The van der Waals surface area contributed by atoms with Gasteiger partial charge in [-0.3, -0.25) is 0 Å². The van der Waals surface area contributed by atoms with Crippen molar-refractivity contribution in [3.8, 4) is 0 Å². The Labute approximate surface area is 73.8 Å². The molecule has 60 valence electrons. The minimum absolute atomic E-state index is 0.431. The lowest BCUT2D eigenvalue weighted by atomic mass is 10.7. The van der Waals surface area contributed by atoms with Gasteiger partial charge in [-0.25, -0.2) is 9.97 Å². The molecule has 0 radical (unpaired) electrons. The highest BCUT2D eigenvalue weighted by molar-refractivity contribution is 9.10. The van der Waals surface area contributed by atoms with Crippen molar-refractivity contribution in [2.75, 3.05) is 13.3 Å². The molecule has 0 aromatic carbocycles. The molecule has 11 heavy (non-hydrogen) atoms. The van der Waals surface area contributed by atoms with E-state index in [9.17, 15) is 4.57 Å². The molecule has 0 amide bonds. The first-order chi connectivity index (χ1) is 5.00. The highest BCUT2D eigenvalue weighted by Crippen LogP contribution is 2.32. The first-order valence-electron chi connectivity index (χ1n) is 3.03. The smallest absolute Gasteiger partial charge is 0.188 e. The lowest BCUT2D eigenvalue weighted by molar-refractivity contribution is 0.587. The predicted molar refractivity (Wildman–Crippen MR) is 48.8 cm³/mol. The van der Waals surface area contributed by atoms with E-state index in [4.69, 9.17) is 0 Å². The van der Waals surface area contributed by atoms with Crippen molar-refractivity contribution in [2.45, 2.75) is 0 Å². The van der Waals surface area contributed by atoms with E-state index in [1.54, 1.807) is 25.7 Å². The Morgan fingerprint density at radius 3 is 2.18 bits per heavy atom. The fourth-order valence-corrected chi connectivity index (χ4v) is 1.46. The topological polar surface area (TPSA) is 42.9 Å². The maximum Gasteiger partial charge on any atom is 0.188 e. The average molecular weight is 235 g/mol. The van der Waals surface area contributed by atoms with Gasteiger partial charge in [0.25, 0.3) is 0 Å². The standard InChI is InChI=1S/C6H8BrN2OP/c1-11(2,10)6-8-3-5(7)4-9-6/h3-4H,1-2H3. The van der Waals surface area contributed by atoms with Crippen LogP contribution >= 0.6 is 23.1 Å². The second-order valence-electron chi connectivity index (χ2n) is 2.55. The van der Waals surface area contributed by atoms with Gasteiger partial charge in [0.05, 0.1) is 4.47 Å². The summed E-state index contributed by atoms with van der Waals surface area (Å²) in [5.41, 5.74) is 0.431.